The van der Waals surface area contributed by atoms with Crippen molar-refractivity contribution in [3.8, 4) is 16.9 Å². The van der Waals surface area contributed by atoms with Crippen molar-refractivity contribution >= 4 is 17.6 Å². The Labute approximate surface area is 191 Å². The fraction of sp³-hybridized carbons (Fsp3) is 0.304. The minimum Gasteiger partial charge on any atom is -0.466 e. The van der Waals surface area contributed by atoms with E-state index in [-0.39, 0.29) is 24.6 Å². The summed E-state index contributed by atoms with van der Waals surface area (Å²) in [5, 5.41) is 9.07. The molecule has 0 aliphatic carbocycles. The zero-order valence-electron chi connectivity index (χ0n) is 18.9. The molecule has 0 unspecified atom stereocenters. The van der Waals surface area contributed by atoms with Gasteiger partial charge in [-0.15, -0.1) is 0 Å². The van der Waals surface area contributed by atoms with E-state index in [1.54, 1.807) is 9.58 Å². The van der Waals surface area contributed by atoms with E-state index >= 15 is 0 Å². The third-order valence-corrected chi connectivity index (χ3v) is 5.53. The van der Waals surface area contributed by atoms with Crippen LogP contribution >= 0.6 is 0 Å². The molecule has 0 N–H and O–H groups in total. The van der Waals surface area contributed by atoms with Crippen LogP contribution in [0.2, 0.25) is 0 Å². The van der Waals surface area contributed by atoms with E-state index in [9.17, 15) is 9.59 Å². The van der Waals surface area contributed by atoms with Gasteiger partial charge in [0.2, 0.25) is 0 Å². The predicted octanol–water partition coefficient (Wildman–Crippen LogP) is 2.46. The summed E-state index contributed by atoms with van der Waals surface area (Å²) in [6, 6.07) is 9.33. The maximum atomic E-state index is 12.5. The summed E-state index contributed by atoms with van der Waals surface area (Å²) < 4.78 is 18.9. The lowest BCUT2D eigenvalue weighted by Crippen LogP contribution is -2.38. The van der Waals surface area contributed by atoms with Gasteiger partial charge in [0.05, 0.1) is 44.0 Å². The topological polar surface area (TPSA) is 101 Å². The molecule has 3 heterocycles. The van der Waals surface area contributed by atoms with Gasteiger partial charge < -0.3 is 19.1 Å². The van der Waals surface area contributed by atoms with Crippen molar-refractivity contribution in [3.63, 3.8) is 0 Å². The van der Waals surface area contributed by atoms with Gasteiger partial charge in [-0.1, -0.05) is 0 Å². The van der Waals surface area contributed by atoms with Crippen LogP contribution in [0.3, 0.4) is 0 Å². The van der Waals surface area contributed by atoms with Gasteiger partial charge in [-0.2, -0.15) is 10.2 Å². The minimum absolute atomic E-state index is 0.0320. The molecule has 2 aromatic heterocycles. The van der Waals surface area contributed by atoms with Crippen LogP contribution in [-0.4, -0.2) is 59.1 Å². The number of ether oxygens (including phenoxy) is 3. The van der Waals surface area contributed by atoms with Gasteiger partial charge in [-0.25, -0.2) is 14.3 Å². The van der Waals surface area contributed by atoms with E-state index in [1.807, 2.05) is 61.3 Å². The Morgan fingerprint density at radius 1 is 1.06 bits per heavy atom. The normalized spacial score (nSPS) is 13.9. The fourth-order valence-electron chi connectivity index (χ4n) is 3.76. The molecule has 0 fully saturated rings. The van der Waals surface area contributed by atoms with Crippen LogP contribution in [0.1, 0.15) is 12.6 Å². The van der Waals surface area contributed by atoms with E-state index in [0.29, 0.717) is 5.69 Å². The zero-order chi connectivity index (χ0) is 23.5. The molecule has 0 saturated carbocycles. The lowest BCUT2D eigenvalue weighted by molar-refractivity contribution is -0.140. The highest BCUT2D eigenvalue weighted by molar-refractivity contribution is 6.03. The van der Waals surface area contributed by atoms with Crippen molar-refractivity contribution in [2.24, 2.45) is 0 Å². The quantitative estimate of drug-likeness (QED) is 0.527. The minimum atomic E-state index is -0.637. The molecule has 0 bridgehead atoms. The molecule has 0 atom stereocenters. The zero-order valence-corrected chi connectivity index (χ0v) is 18.9. The number of aryl methyl sites for hydroxylation is 1. The van der Waals surface area contributed by atoms with Crippen LogP contribution in [0, 0.1) is 6.92 Å². The Hall–Kier alpha value is -3.92. The van der Waals surface area contributed by atoms with E-state index in [4.69, 9.17) is 14.2 Å². The van der Waals surface area contributed by atoms with Gasteiger partial charge >= 0.3 is 11.9 Å². The number of benzene rings is 1. The summed E-state index contributed by atoms with van der Waals surface area (Å²) in [4.78, 5) is 26.2. The van der Waals surface area contributed by atoms with Crippen molar-refractivity contribution in [1.82, 2.24) is 19.6 Å². The number of aromatic nitrogens is 4. The number of hydrogen-bond donors (Lipinski definition) is 0. The van der Waals surface area contributed by atoms with E-state index in [2.05, 4.69) is 10.2 Å². The molecule has 10 heteroatoms. The molecule has 1 aromatic carbocycles. The van der Waals surface area contributed by atoms with Crippen LogP contribution in [0.25, 0.3) is 16.9 Å². The van der Waals surface area contributed by atoms with Crippen LogP contribution in [0.4, 0.5) is 5.69 Å². The predicted molar refractivity (Wildman–Crippen MR) is 120 cm³/mol. The summed E-state index contributed by atoms with van der Waals surface area (Å²) in [5.74, 6) is -1.27. The second-order valence-corrected chi connectivity index (χ2v) is 7.34. The molecule has 172 valence electrons. The molecule has 10 nitrogen and oxygen atoms in total. The molecule has 4 rings (SSSR count). The summed E-state index contributed by atoms with van der Waals surface area (Å²) in [5.41, 5.74) is 4.59. The summed E-state index contributed by atoms with van der Waals surface area (Å²) in [6.07, 6.45) is 3.71. The van der Waals surface area contributed by atoms with Gasteiger partial charge in [0.15, 0.2) is 0 Å². The van der Waals surface area contributed by atoms with E-state index in [0.717, 1.165) is 29.2 Å². The number of esters is 2. The lowest BCUT2D eigenvalue weighted by atomic mass is 10.1. The molecule has 0 saturated heterocycles. The highest BCUT2D eigenvalue weighted by Crippen LogP contribution is 2.28. The first kappa shape index (κ1) is 22.3. The Balaban J connectivity index is 1.63. The monoisotopic (exact) mass is 451 g/mol. The van der Waals surface area contributed by atoms with Crippen LogP contribution < -0.4 is 4.90 Å². The first-order valence-electron chi connectivity index (χ1n) is 10.4. The highest BCUT2D eigenvalue weighted by atomic mass is 16.5. The van der Waals surface area contributed by atoms with Crippen molar-refractivity contribution in [1.29, 1.82) is 0 Å². The van der Waals surface area contributed by atoms with E-state index in [1.165, 1.54) is 14.2 Å². The standard InChI is InChI=1S/C23H25N5O5/c1-5-27-15(2)18(12-24-27)20-10-11-28(25-20)17-8-6-16(7-9-17)26-14-33-13-19(22(29)31-3)21(26)23(30)32-4/h6-12H,5,13-14H2,1-4H3. The second kappa shape index (κ2) is 9.29. The largest absolute Gasteiger partial charge is 0.466 e. The molecule has 0 amide bonds. The number of methoxy groups -OCH3 is 2. The average Bonchev–Trinajstić information content (AvgIpc) is 3.49. The third kappa shape index (κ3) is 4.12. The number of carbonyl (C=O) groups is 2. The molecule has 33 heavy (non-hydrogen) atoms. The Morgan fingerprint density at radius 2 is 1.76 bits per heavy atom. The second-order valence-electron chi connectivity index (χ2n) is 7.34. The maximum Gasteiger partial charge on any atom is 0.355 e. The molecule has 0 spiro atoms. The van der Waals surface area contributed by atoms with Crippen LogP contribution in [-0.2, 0) is 30.3 Å². The number of nitrogens with zero attached hydrogens (tertiary/aromatic N) is 5. The van der Waals surface area contributed by atoms with Crippen molar-refractivity contribution in [2.75, 3.05) is 32.5 Å². The Morgan fingerprint density at radius 3 is 2.39 bits per heavy atom. The van der Waals surface area contributed by atoms with Crippen molar-refractivity contribution in [2.45, 2.75) is 20.4 Å². The molecule has 1 aliphatic heterocycles. The van der Waals surface area contributed by atoms with Crippen molar-refractivity contribution < 1.29 is 23.8 Å². The summed E-state index contributed by atoms with van der Waals surface area (Å²) >= 11 is 0. The number of carbonyl (C=O) groups excluding carboxylic acids is 2. The van der Waals surface area contributed by atoms with Gasteiger partial charge in [0.25, 0.3) is 0 Å². The highest BCUT2D eigenvalue weighted by Gasteiger charge is 2.32. The number of anilines is 1. The summed E-state index contributed by atoms with van der Waals surface area (Å²) in [6.45, 7) is 4.93. The first-order chi connectivity index (χ1) is 16.0. The molecule has 1 aliphatic rings. The number of hydrogen-bond acceptors (Lipinski definition) is 8. The van der Waals surface area contributed by atoms with Crippen LogP contribution in [0.15, 0.2) is 54.0 Å². The third-order valence-electron chi connectivity index (χ3n) is 5.53. The average molecular weight is 451 g/mol. The summed E-state index contributed by atoms with van der Waals surface area (Å²) in [7, 11) is 2.52. The first-order valence-corrected chi connectivity index (χ1v) is 10.4. The molecular formula is C23H25N5O5. The lowest BCUT2D eigenvalue weighted by Gasteiger charge is -2.31. The SMILES string of the molecule is CCn1ncc(-c2ccn(-c3ccc(N4COCC(C(=O)OC)=C4C(=O)OC)cc3)n2)c1C. The van der Waals surface area contributed by atoms with Gasteiger partial charge in [0.1, 0.15) is 12.4 Å². The van der Waals surface area contributed by atoms with E-state index < -0.39 is 11.9 Å². The van der Waals surface area contributed by atoms with Gasteiger partial charge in [-0.3, -0.25) is 4.68 Å². The van der Waals surface area contributed by atoms with Crippen molar-refractivity contribution in [3.05, 3.63) is 59.7 Å². The molecular weight excluding hydrogens is 426 g/mol. The molecule has 0 radical (unpaired) electrons. The Kier molecular flexibility index (Phi) is 6.27. The van der Waals surface area contributed by atoms with Gasteiger partial charge in [-0.05, 0) is 44.2 Å². The van der Waals surface area contributed by atoms with Gasteiger partial charge in [0, 0.05) is 29.7 Å². The fourth-order valence-corrected chi connectivity index (χ4v) is 3.76. The number of rotatable bonds is 6. The smallest absolute Gasteiger partial charge is 0.355 e. The Bertz CT molecular complexity index is 1210. The van der Waals surface area contributed by atoms with Crippen LogP contribution in [0.5, 0.6) is 0 Å². The molecule has 3 aromatic rings. The maximum absolute atomic E-state index is 12.5.